The van der Waals surface area contributed by atoms with Crippen LogP contribution in [0.2, 0.25) is 5.02 Å². The van der Waals surface area contributed by atoms with Gasteiger partial charge in [-0.3, -0.25) is 4.99 Å². The number of hydrogen-bond acceptors (Lipinski definition) is 7. The summed E-state index contributed by atoms with van der Waals surface area (Å²) in [6.07, 6.45) is 10.4. The van der Waals surface area contributed by atoms with Gasteiger partial charge < -0.3 is 22.1 Å². The van der Waals surface area contributed by atoms with Crippen LogP contribution in [0.25, 0.3) is 0 Å². The van der Waals surface area contributed by atoms with Crippen molar-refractivity contribution >= 4 is 41.0 Å². The molecule has 0 radical (unpaired) electrons. The van der Waals surface area contributed by atoms with Crippen LogP contribution >= 0.6 is 11.6 Å². The molecule has 28 heavy (non-hydrogen) atoms. The molecule has 1 aliphatic rings. The van der Waals surface area contributed by atoms with Crippen molar-refractivity contribution in [2.24, 2.45) is 10.7 Å². The number of hydrogen-bond donors (Lipinski definition) is 4. The van der Waals surface area contributed by atoms with Crippen LogP contribution in [-0.4, -0.2) is 22.2 Å². The molecule has 148 valence electrons. The van der Waals surface area contributed by atoms with E-state index in [0.717, 1.165) is 12.8 Å². The standard InChI is InChI=1S/C19H23ClFN7/c20-15-11-25-19(26-14(9-22)10-24-13-4-2-1-3-5-13)28-18(15)27-17-8-12(23)6-7-16(17)21/h6-11,13H,1-5,22-23H2,(H2,25,26,27,28)/b14-9+,24-10?. The summed E-state index contributed by atoms with van der Waals surface area (Å²) in [7, 11) is 0. The predicted molar refractivity (Wildman–Crippen MR) is 112 cm³/mol. The summed E-state index contributed by atoms with van der Waals surface area (Å²) in [5.41, 5.74) is 12.5. The molecule has 6 N–H and O–H groups in total. The zero-order chi connectivity index (χ0) is 19.9. The molecule has 1 fully saturated rings. The smallest absolute Gasteiger partial charge is 0.229 e. The van der Waals surface area contributed by atoms with Gasteiger partial charge in [0.15, 0.2) is 5.82 Å². The molecule has 1 saturated carbocycles. The summed E-state index contributed by atoms with van der Waals surface area (Å²) in [6, 6.07) is 4.52. The Balaban J connectivity index is 1.72. The summed E-state index contributed by atoms with van der Waals surface area (Å²) in [4.78, 5) is 13.0. The Morgan fingerprint density at radius 2 is 2.07 bits per heavy atom. The van der Waals surface area contributed by atoms with Crippen molar-refractivity contribution < 1.29 is 4.39 Å². The van der Waals surface area contributed by atoms with Crippen molar-refractivity contribution in [1.82, 2.24) is 9.97 Å². The quantitative estimate of drug-likeness (QED) is 0.424. The average Bonchev–Trinajstić information content (AvgIpc) is 2.71. The average molecular weight is 404 g/mol. The number of rotatable bonds is 6. The van der Waals surface area contributed by atoms with Gasteiger partial charge in [-0.1, -0.05) is 30.9 Å². The molecular formula is C19H23ClFN7. The van der Waals surface area contributed by atoms with Crippen LogP contribution in [0, 0.1) is 5.82 Å². The molecule has 3 rings (SSSR count). The molecule has 0 saturated heterocycles. The molecule has 1 aromatic heterocycles. The highest BCUT2D eigenvalue weighted by atomic mass is 35.5. The lowest BCUT2D eigenvalue weighted by molar-refractivity contribution is 0.444. The Bertz CT molecular complexity index is 879. The number of anilines is 4. The first-order chi connectivity index (χ1) is 13.5. The van der Waals surface area contributed by atoms with Crippen molar-refractivity contribution in [3.8, 4) is 0 Å². The fourth-order valence-corrected chi connectivity index (χ4v) is 3.08. The molecule has 1 heterocycles. The number of nitrogens with one attached hydrogen (secondary N) is 2. The molecule has 0 bridgehead atoms. The number of aliphatic imine (C=N–C) groups is 1. The Hall–Kier alpha value is -2.87. The first-order valence-electron chi connectivity index (χ1n) is 9.12. The van der Waals surface area contributed by atoms with Crippen LogP contribution in [0.15, 0.2) is 41.3 Å². The lowest BCUT2D eigenvalue weighted by Crippen LogP contribution is -2.12. The number of halogens is 2. The lowest BCUT2D eigenvalue weighted by atomic mass is 9.96. The largest absolute Gasteiger partial charge is 0.403 e. The van der Waals surface area contributed by atoms with Gasteiger partial charge in [-0.15, -0.1) is 0 Å². The van der Waals surface area contributed by atoms with E-state index in [-0.39, 0.29) is 22.5 Å². The second-order valence-corrected chi connectivity index (χ2v) is 6.98. The van der Waals surface area contributed by atoms with Crippen molar-refractivity contribution in [3.63, 3.8) is 0 Å². The van der Waals surface area contributed by atoms with E-state index in [2.05, 4.69) is 25.6 Å². The Labute approximate surface area is 168 Å². The van der Waals surface area contributed by atoms with Crippen molar-refractivity contribution in [1.29, 1.82) is 0 Å². The van der Waals surface area contributed by atoms with Gasteiger partial charge >= 0.3 is 0 Å². The minimum Gasteiger partial charge on any atom is -0.403 e. The summed E-state index contributed by atoms with van der Waals surface area (Å²) < 4.78 is 14.0. The van der Waals surface area contributed by atoms with Crippen LogP contribution in [0.5, 0.6) is 0 Å². The van der Waals surface area contributed by atoms with Gasteiger partial charge in [-0.05, 0) is 31.0 Å². The molecular weight excluding hydrogens is 381 g/mol. The van der Waals surface area contributed by atoms with Crippen LogP contribution in [-0.2, 0) is 0 Å². The summed E-state index contributed by atoms with van der Waals surface area (Å²) in [5, 5.41) is 6.07. The van der Waals surface area contributed by atoms with E-state index in [4.69, 9.17) is 23.1 Å². The second-order valence-electron chi connectivity index (χ2n) is 6.57. The highest BCUT2D eigenvalue weighted by Crippen LogP contribution is 2.27. The number of nitrogens with two attached hydrogens (primary N) is 2. The molecule has 1 aromatic carbocycles. The van der Waals surface area contributed by atoms with Gasteiger partial charge in [0.1, 0.15) is 10.8 Å². The summed E-state index contributed by atoms with van der Waals surface area (Å²) >= 11 is 6.14. The van der Waals surface area contributed by atoms with Crippen LogP contribution in [0.1, 0.15) is 32.1 Å². The third kappa shape index (κ3) is 5.32. The molecule has 7 nitrogen and oxygen atoms in total. The van der Waals surface area contributed by atoms with E-state index in [1.807, 2.05) is 0 Å². The Morgan fingerprint density at radius 3 is 2.82 bits per heavy atom. The number of nitrogen functional groups attached to an aromatic ring is 1. The van der Waals surface area contributed by atoms with Crippen molar-refractivity contribution in [2.45, 2.75) is 38.1 Å². The molecule has 0 atom stereocenters. The maximum Gasteiger partial charge on any atom is 0.229 e. The molecule has 0 spiro atoms. The zero-order valence-corrected chi connectivity index (χ0v) is 16.1. The van der Waals surface area contributed by atoms with Crippen LogP contribution < -0.4 is 22.1 Å². The normalized spacial score (nSPS) is 15.7. The van der Waals surface area contributed by atoms with E-state index in [0.29, 0.717) is 17.4 Å². The van der Waals surface area contributed by atoms with E-state index in [9.17, 15) is 4.39 Å². The van der Waals surface area contributed by atoms with Gasteiger partial charge in [-0.2, -0.15) is 4.98 Å². The van der Waals surface area contributed by atoms with E-state index < -0.39 is 5.82 Å². The van der Waals surface area contributed by atoms with Crippen LogP contribution in [0.4, 0.5) is 27.5 Å². The molecule has 0 aliphatic heterocycles. The Kier molecular flexibility index (Phi) is 6.65. The second kappa shape index (κ2) is 9.36. The third-order valence-corrected chi connectivity index (χ3v) is 4.70. The van der Waals surface area contributed by atoms with Gasteiger partial charge in [0.05, 0.1) is 23.6 Å². The lowest BCUT2D eigenvalue weighted by Gasteiger charge is -2.17. The predicted octanol–water partition coefficient (Wildman–Crippen LogP) is 4.21. The molecule has 9 heteroatoms. The maximum atomic E-state index is 14.0. The summed E-state index contributed by atoms with van der Waals surface area (Å²) in [6.45, 7) is 0. The van der Waals surface area contributed by atoms with E-state index in [1.165, 1.54) is 49.9 Å². The van der Waals surface area contributed by atoms with Gasteiger partial charge in [-0.25, -0.2) is 9.37 Å². The molecule has 0 amide bonds. The fraction of sp³-hybridized carbons (Fsp3) is 0.316. The van der Waals surface area contributed by atoms with E-state index in [1.54, 1.807) is 6.21 Å². The van der Waals surface area contributed by atoms with Crippen LogP contribution in [0.3, 0.4) is 0 Å². The third-order valence-electron chi connectivity index (χ3n) is 4.42. The Morgan fingerprint density at radius 1 is 1.29 bits per heavy atom. The number of benzene rings is 1. The number of nitrogens with zero attached hydrogens (tertiary/aromatic N) is 3. The van der Waals surface area contributed by atoms with Gasteiger partial charge in [0.2, 0.25) is 5.95 Å². The fourth-order valence-electron chi connectivity index (χ4n) is 2.94. The first-order valence-corrected chi connectivity index (χ1v) is 9.49. The van der Waals surface area contributed by atoms with Gasteiger partial charge in [0.25, 0.3) is 0 Å². The maximum absolute atomic E-state index is 14.0. The number of allylic oxidation sites excluding steroid dienone is 1. The molecule has 1 aliphatic carbocycles. The molecule has 0 unspecified atom stereocenters. The minimum absolute atomic E-state index is 0.167. The topological polar surface area (TPSA) is 114 Å². The van der Waals surface area contributed by atoms with Crippen molar-refractivity contribution in [3.05, 3.63) is 47.1 Å². The highest BCUT2D eigenvalue weighted by molar-refractivity contribution is 6.32. The van der Waals surface area contributed by atoms with E-state index >= 15 is 0 Å². The number of aromatic nitrogens is 2. The van der Waals surface area contributed by atoms with Crippen molar-refractivity contribution in [2.75, 3.05) is 16.4 Å². The minimum atomic E-state index is -0.472. The first kappa shape index (κ1) is 19.9. The molecule has 2 aromatic rings. The van der Waals surface area contributed by atoms with Gasteiger partial charge in [0, 0.05) is 18.1 Å². The SMILES string of the molecule is N/C=C(\C=NC1CCCCC1)Nc1ncc(Cl)c(Nc2cc(N)ccc2F)n1. The monoisotopic (exact) mass is 403 g/mol. The summed E-state index contributed by atoms with van der Waals surface area (Å²) in [5.74, 6) is 0.0211. The zero-order valence-electron chi connectivity index (χ0n) is 15.3. The highest BCUT2D eigenvalue weighted by Gasteiger charge is 2.12.